The molecule has 0 spiro atoms. The highest BCUT2D eigenvalue weighted by atomic mass is 32.1. The maximum absolute atomic E-state index is 13.6. The fraction of sp³-hybridized carbons (Fsp3) is 0.312. The summed E-state index contributed by atoms with van der Waals surface area (Å²) in [5.41, 5.74) is 0.798. The minimum atomic E-state index is -0.393. The summed E-state index contributed by atoms with van der Waals surface area (Å²) >= 11 is 1.61. The Morgan fingerprint density at radius 3 is 2.86 bits per heavy atom. The molecule has 22 heavy (non-hydrogen) atoms. The molecule has 1 aromatic carbocycles. The van der Waals surface area contributed by atoms with Gasteiger partial charge in [0.2, 0.25) is 5.91 Å². The van der Waals surface area contributed by atoms with Crippen LogP contribution in [0.3, 0.4) is 0 Å². The van der Waals surface area contributed by atoms with Crippen LogP contribution >= 0.6 is 11.3 Å². The van der Waals surface area contributed by atoms with Gasteiger partial charge in [-0.1, -0.05) is 12.1 Å². The van der Waals surface area contributed by atoms with Gasteiger partial charge in [0.1, 0.15) is 0 Å². The van der Waals surface area contributed by atoms with Crippen LogP contribution in [0.5, 0.6) is 5.75 Å². The fourth-order valence-corrected chi connectivity index (χ4v) is 2.72. The first-order valence-electron chi connectivity index (χ1n) is 6.88. The van der Waals surface area contributed by atoms with E-state index in [9.17, 15) is 9.18 Å². The number of hydrogen-bond donors (Lipinski definition) is 1. The highest BCUT2D eigenvalue weighted by Crippen LogP contribution is 2.18. The van der Waals surface area contributed by atoms with Crippen LogP contribution in [0.25, 0.3) is 0 Å². The van der Waals surface area contributed by atoms with Crippen molar-refractivity contribution in [3.05, 3.63) is 52.0 Å². The highest BCUT2D eigenvalue weighted by Gasteiger charge is 2.09. The molecule has 4 nitrogen and oxygen atoms in total. The van der Waals surface area contributed by atoms with Gasteiger partial charge in [0.25, 0.3) is 0 Å². The van der Waals surface area contributed by atoms with Crippen LogP contribution in [0.4, 0.5) is 4.39 Å². The van der Waals surface area contributed by atoms with Crippen LogP contribution in [0.15, 0.2) is 35.7 Å². The van der Waals surface area contributed by atoms with Gasteiger partial charge in [-0.15, -0.1) is 11.3 Å². The molecule has 118 valence electrons. The van der Waals surface area contributed by atoms with E-state index in [0.29, 0.717) is 13.1 Å². The van der Waals surface area contributed by atoms with Crippen molar-refractivity contribution < 1.29 is 13.9 Å². The van der Waals surface area contributed by atoms with Crippen molar-refractivity contribution in [2.45, 2.75) is 13.1 Å². The number of thiophene rings is 1. The number of amides is 1. The fourth-order valence-electron chi connectivity index (χ4n) is 2.08. The minimum Gasteiger partial charge on any atom is -0.494 e. The summed E-state index contributed by atoms with van der Waals surface area (Å²) < 4.78 is 18.5. The molecule has 0 atom stereocenters. The molecule has 0 fully saturated rings. The quantitative estimate of drug-likeness (QED) is 0.852. The molecule has 1 N–H and O–H groups in total. The monoisotopic (exact) mass is 322 g/mol. The lowest BCUT2D eigenvalue weighted by Gasteiger charge is -2.16. The van der Waals surface area contributed by atoms with E-state index in [2.05, 4.69) is 5.32 Å². The van der Waals surface area contributed by atoms with Crippen molar-refractivity contribution in [2.75, 3.05) is 20.7 Å². The first-order valence-corrected chi connectivity index (χ1v) is 7.76. The number of nitrogens with zero attached hydrogens (tertiary/aromatic N) is 1. The predicted molar refractivity (Wildman–Crippen MR) is 85.5 cm³/mol. The predicted octanol–water partition coefficient (Wildman–Crippen LogP) is 2.64. The van der Waals surface area contributed by atoms with Crippen LogP contribution < -0.4 is 10.1 Å². The number of likely N-dealkylation sites (N-methyl/N-ethyl adjacent to an activating group) is 1. The van der Waals surface area contributed by atoms with Gasteiger partial charge in [0.05, 0.1) is 20.2 Å². The molecule has 2 aromatic rings. The lowest BCUT2D eigenvalue weighted by atomic mass is 10.2. The van der Waals surface area contributed by atoms with Crippen molar-refractivity contribution in [1.29, 1.82) is 0 Å². The maximum Gasteiger partial charge on any atom is 0.234 e. The number of rotatable bonds is 7. The Kier molecular flexibility index (Phi) is 5.91. The number of methoxy groups -OCH3 is 1. The summed E-state index contributed by atoms with van der Waals surface area (Å²) in [7, 11) is 3.26. The Balaban J connectivity index is 1.80. The summed E-state index contributed by atoms with van der Waals surface area (Å²) in [5, 5.41) is 4.85. The van der Waals surface area contributed by atoms with Crippen LogP contribution in [0, 0.1) is 5.82 Å². The summed E-state index contributed by atoms with van der Waals surface area (Å²) in [6, 6.07) is 8.75. The van der Waals surface area contributed by atoms with Crippen LogP contribution in [0.1, 0.15) is 10.4 Å². The standard InChI is InChI=1S/C16H19FN2O2S/c1-19(10-12-5-6-15(21-2)14(17)8-12)11-16(20)18-9-13-4-3-7-22-13/h3-8H,9-11H2,1-2H3,(H,18,20). The van der Waals surface area contributed by atoms with Crippen LogP contribution in [0.2, 0.25) is 0 Å². The summed E-state index contributed by atoms with van der Waals surface area (Å²) in [6.45, 7) is 1.30. The summed E-state index contributed by atoms with van der Waals surface area (Å²) in [6.07, 6.45) is 0. The number of nitrogens with one attached hydrogen (secondary N) is 1. The van der Waals surface area contributed by atoms with Gasteiger partial charge in [0.15, 0.2) is 11.6 Å². The molecular formula is C16H19FN2O2S. The third kappa shape index (κ3) is 4.82. The number of hydrogen-bond acceptors (Lipinski definition) is 4. The molecule has 0 bridgehead atoms. The van der Waals surface area contributed by atoms with E-state index in [1.807, 2.05) is 29.5 Å². The Bertz CT molecular complexity index is 617. The molecule has 0 aliphatic carbocycles. The van der Waals surface area contributed by atoms with E-state index in [1.165, 1.54) is 13.2 Å². The normalized spacial score (nSPS) is 10.7. The molecule has 1 amide bonds. The first kappa shape index (κ1) is 16.5. The first-order chi connectivity index (χ1) is 10.6. The number of carbonyl (C=O) groups is 1. The highest BCUT2D eigenvalue weighted by molar-refractivity contribution is 7.09. The third-order valence-corrected chi connectivity index (χ3v) is 4.00. The van der Waals surface area contributed by atoms with Gasteiger partial charge >= 0.3 is 0 Å². The van der Waals surface area contributed by atoms with Gasteiger partial charge in [-0.3, -0.25) is 9.69 Å². The van der Waals surface area contributed by atoms with E-state index in [4.69, 9.17) is 4.74 Å². The van der Waals surface area contributed by atoms with Crippen molar-refractivity contribution in [1.82, 2.24) is 10.2 Å². The van der Waals surface area contributed by atoms with Gasteiger partial charge in [-0.2, -0.15) is 0 Å². The zero-order chi connectivity index (χ0) is 15.9. The molecular weight excluding hydrogens is 303 g/mol. The van der Waals surface area contributed by atoms with Crippen molar-refractivity contribution >= 4 is 17.2 Å². The zero-order valence-corrected chi connectivity index (χ0v) is 13.5. The van der Waals surface area contributed by atoms with E-state index in [1.54, 1.807) is 23.5 Å². The Morgan fingerprint density at radius 1 is 1.41 bits per heavy atom. The Labute approximate surface area is 133 Å². The van der Waals surface area contributed by atoms with Crippen LogP contribution in [-0.4, -0.2) is 31.5 Å². The third-order valence-electron chi connectivity index (χ3n) is 3.12. The number of ether oxygens (including phenoxy) is 1. The van der Waals surface area contributed by atoms with E-state index < -0.39 is 5.82 Å². The van der Waals surface area contributed by atoms with Gasteiger partial charge in [-0.05, 0) is 36.2 Å². The summed E-state index contributed by atoms with van der Waals surface area (Å²) in [4.78, 5) is 14.8. The Hall–Kier alpha value is -1.92. The molecule has 2 rings (SSSR count). The number of halogens is 1. The molecule has 0 radical (unpaired) electrons. The average Bonchev–Trinajstić information content (AvgIpc) is 2.98. The smallest absolute Gasteiger partial charge is 0.234 e. The second-order valence-electron chi connectivity index (χ2n) is 5.00. The van der Waals surface area contributed by atoms with Gasteiger partial charge in [-0.25, -0.2) is 4.39 Å². The van der Waals surface area contributed by atoms with Crippen molar-refractivity contribution in [3.63, 3.8) is 0 Å². The SMILES string of the molecule is COc1ccc(CN(C)CC(=O)NCc2cccs2)cc1F. The van der Waals surface area contributed by atoms with Gasteiger partial charge < -0.3 is 10.1 Å². The molecule has 1 aromatic heterocycles. The molecule has 0 aliphatic rings. The van der Waals surface area contributed by atoms with E-state index in [0.717, 1.165) is 10.4 Å². The second-order valence-corrected chi connectivity index (χ2v) is 6.03. The Morgan fingerprint density at radius 2 is 2.23 bits per heavy atom. The van der Waals surface area contributed by atoms with Gasteiger partial charge in [0, 0.05) is 11.4 Å². The molecule has 0 saturated carbocycles. The molecule has 0 unspecified atom stereocenters. The molecule has 6 heteroatoms. The van der Waals surface area contributed by atoms with Crippen molar-refractivity contribution in [3.8, 4) is 5.75 Å². The number of carbonyl (C=O) groups excluding carboxylic acids is 1. The van der Waals surface area contributed by atoms with Crippen molar-refractivity contribution in [2.24, 2.45) is 0 Å². The van der Waals surface area contributed by atoms with Crippen LogP contribution in [-0.2, 0) is 17.9 Å². The second kappa shape index (κ2) is 7.91. The summed E-state index contributed by atoms with van der Waals surface area (Å²) in [5.74, 6) is -0.222. The molecule has 0 saturated heterocycles. The zero-order valence-electron chi connectivity index (χ0n) is 12.6. The lowest BCUT2D eigenvalue weighted by Crippen LogP contribution is -2.34. The average molecular weight is 322 g/mol. The lowest BCUT2D eigenvalue weighted by molar-refractivity contribution is -0.122. The largest absolute Gasteiger partial charge is 0.494 e. The molecule has 1 heterocycles. The minimum absolute atomic E-state index is 0.0510. The van der Waals surface area contributed by atoms with E-state index >= 15 is 0 Å². The topological polar surface area (TPSA) is 41.6 Å². The number of benzene rings is 1. The van der Waals surface area contributed by atoms with E-state index in [-0.39, 0.29) is 18.2 Å². The maximum atomic E-state index is 13.6. The molecule has 0 aliphatic heterocycles.